The number of benzene rings is 1. The molecule has 0 N–H and O–H groups in total. The van der Waals surface area contributed by atoms with E-state index < -0.39 is 13.2 Å². The second kappa shape index (κ2) is 5.65. The monoisotopic (exact) mass is 359 g/mol. The van der Waals surface area contributed by atoms with Crippen LogP contribution >= 0.6 is 15.9 Å². The Hall–Kier alpha value is -1.21. The third kappa shape index (κ3) is 3.46. The Morgan fingerprint density at radius 3 is 2.30 bits per heavy atom. The van der Waals surface area contributed by atoms with Crippen molar-refractivity contribution in [3.8, 4) is 5.75 Å². The zero-order valence-corrected chi connectivity index (χ0v) is 14.8. The Kier molecular flexibility index (Phi) is 4.76. The quantitative estimate of drug-likeness (QED) is 0.342. The summed E-state index contributed by atoms with van der Waals surface area (Å²) in [5.41, 5.74) is 0.0532. The van der Waals surface area contributed by atoms with Gasteiger partial charge in [0.2, 0.25) is 0 Å². The summed E-state index contributed by atoms with van der Waals surface area (Å²) in [5.74, 6) is 0.386. The van der Waals surface area contributed by atoms with Gasteiger partial charge in [0.25, 0.3) is 14.0 Å². The highest BCUT2D eigenvalue weighted by atomic mass is 79.9. The van der Waals surface area contributed by atoms with Crippen molar-refractivity contribution in [2.24, 2.45) is 0 Å². The molecule has 0 aliphatic carbocycles. The third-order valence-corrected chi connectivity index (χ3v) is 8.47. The van der Waals surface area contributed by atoms with Crippen LogP contribution in [0.2, 0.25) is 18.1 Å². The molecule has 0 atom stereocenters. The Bertz CT molecular complexity index is 552. The van der Waals surface area contributed by atoms with Gasteiger partial charge in [-0.3, -0.25) is 14.9 Å². The lowest BCUT2D eigenvalue weighted by atomic mass is 10.2. The van der Waals surface area contributed by atoms with Crippen LogP contribution in [0.1, 0.15) is 31.1 Å². The summed E-state index contributed by atoms with van der Waals surface area (Å²) >= 11 is 3.26. The smallest absolute Gasteiger partial charge is 0.271 e. The number of carbonyl (C=O) groups is 1. The van der Waals surface area contributed by atoms with Gasteiger partial charge in [0.1, 0.15) is 5.75 Å². The minimum absolute atomic E-state index is 0.0334. The normalized spacial score (nSPS) is 12.1. The summed E-state index contributed by atoms with van der Waals surface area (Å²) in [6, 6.07) is 2.59. The van der Waals surface area contributed by atoms with Crippen molar-refractivity contribution in [2.75, 3.05) is 0 Å². The molecule has 1 rings (SSSR count). The van der Waals surface area contributed by atoms with Gasteiger partial charge in [0.05, 0.1) is 15.0 Å². The molecular formula is C13H18BrNO4Si. The van der Waals surface area contributed by atoms with Gasteiger partial charge < -0.3 is 4.43 Å². The topological polar surface area (TPSA) is 69.4 Å². The Morgan fingerprint density at radius 1 is 1.35 bits per heavy atom. The van der Waals surface area contributed by atoms with E-state index in [-0.39, 0.29) is 16.3 Å². The minimum Gasteiger partial charge on any atom is -0.542 e. The van der Waals surface area contributed by atoms with E-state index in [9.17, 15) is 14.9 Å². The number of nitro benzene ring substituents is 1. The average Bonchev–Trinajstić information content (AvgIpc) is 2.29. The number of nitrogens with zero attached hydrogens (tertiary/aromatic N) is 1. The Labute approximate surface area is 127 Å². The van der Waals surface area contributed by atoms with Crippen LogP contribution in [0, 0.1) is 10.1 Å². The molecule has 0 aliphatic heterocycles. The molecule has 0 spiro atoms. The van der Waals surface area contributed by atoms with Crippen molar-refractivity contribution < 1.29 is 14.1 Å². The largest absolute Gasteiger partial charge is 0.542 e. The van der Waals surface area contributed by atoms with Gasteiger partial charge in [-0.05, 0) is 34.1 Å². The van der Waals surface area contributed by atoms with Crippen LogP contribution in [0.5, 0.6) is 5.75 Å². The SMILES string of the molecule is CC(C)(C)[Si](C)(C)Oc1c(Br)cc([N+](=O)[O-])cc1C=O. The average molecular weight is 360 g/mol. The van der Waals surface area contributed by atoms with Crippen LogP contribution in [-0.2, 0) is 0 Å². The number of hydrogen-bond donors (Lipinski definition) is 0. The zero-order valence-electron chi connectivity index (χ0n) is 12.2. The van der Waals surface area contributed by atoms with E-state index in [0.29, 0.717) is 16.5 Å². The lowest BCUT2D eigenvalue weighted by molar-refractivity contribution is -0.385. The van der Waals surface area contributed by atoms with Crippen LogP contribution < -0.4 is 4.43 Å². The minimum atomic E-state index is -2.13. The highest BCUT2D eigenvalue weighted by Crippen LogP contribution is 2.41. The number of non-ortho nitro benzene ring substituents is 1. The molecule has 0 unspecified atom stereocenters. The van der Waals surface area contributed by atoms with Gasteiger partial charge in [-0.1, -0.05) is 20.8 Å². The first-order chi connectivity index (χ1) is 8.99. The maximum Gasteiger partial charge on any atom is 0.271 e. The maximum atomic E-state index is 11.2. The van der Waals surface area contributed by atoms with Crippen molar-refractivity contribution in [3.63, 3.8) is 0 Å². The first-order valence-electron chi connectivity index (χ1n) is 6.12. The van der Waals surface area contributed by atoms with Crippen molar-refractivity contribution in [3.05, 3.63) is 32.3 Å². The second-order valence-corrected chi connectivity index (χ2v) is 11.7. The van der Waals surface area contributed by atoms with Gasteiger partial charge >= 0.3 is 0 Å². The first-order valence-corrected chi connectivity index (χ1v) is 9.82. The van der Waals surface area contributed by atoms with Crippen molar-refractivity contribution in [2.45, 2.75) is 38.9 Å². The highest BCUT2D eigenvalue weighted by molar-refractivity contribution is 9.10. The van der Waals surface area contributed by atoms with Crippen LogP contribution in [0.4, 0.5) is 5.69 Å². The summed E-state index contributed by atoms with van der Waals surface area (Å²) in [4.78, 5) is 21.5. The summed E-state index contributed by atoms with van der Waals surface area (Å²) in [6.07, 6.45) is 0.584. The van der Waals surface area contributed by atoms with Gasteiger partial charge in [0.15, 0.2) is 6.29 Å². The fraction of sp³-hybridized carbons (Fsp3) is 0.462. The molecule has 0 saturated heterocycles. The number of aldehydes is 1. The van der Waals surface area contributed by atoms with Crippen molar-refractivity contribution >= 4 is 36.2 Å². The predicted octanol–water partition coefficient (Wildman–Crippen LogP) is 4.55. The molecule has 1 aromatic carbocycles. The Balaban J connectivity index is 3.33. The van der Waals surface area contributed by atoms with E-state index in [0.717, 1.165) is 0 Å². The summed E-state index contributed by atoms with van der Waals surface area (Å²) < 4.78 is 6.52. The predicted molar refractivity (Wildman–Crippen MR) is 84.0 cm³/mol. The molecular weight excluding hydrogens is 342 g/mol. The molecule has 0 aromatic heterocycles. The number of hydrogen-bond acceptors (Lipinski definition) is 4. The summed E-state index contributed by atoms with van der Waals surface area (Å²) in [5, 5.41) is 10.8. The van der Waals surface area contributed by atoms with Gasteiger partial charge in [-0.15, -0.1) is 0 Å². The molecule has 1 aromatic rings. The van der Waals surface area contributed by atoms with E-state index in [1.165, 1.54) is 12.1 Å². The van der Waals surface area contributed by atoms with Crippen LogP contribution in [-0.4, -0.2) is 19.5 Å². The van der Waals surface area contributed by atoms with E-state index in [1.807, 2.05) is 0 Å². The van der Waals surface area contributed by atoms with Gasteiger partial charge in [-0.2, -0.15) is 0 Å². The highest BCUT2D eigenvalue weighted by Gasteiger charge is 2.40. The molecule has 0 aliphatic rings. The van der Waals surface area contributed by atoms with E-state index in [4.69, 9.17) is 4.43 Å². The lowest BCUT2D eigenvalue weighted by Crippen LogP contribution is -2.44. The molecule has 7 heteroatoms. The van der Waals surface area contributed by atoms with Crippen LogP contribution in [0.15, 0.2) is 16.6 Å². The molecule has 0 bridgehead atoms. The van der Waals surface area contributed by atoms with Gasteiger partial charge in [-0.25, -0.2) is 0 Å². The first kappa shape index (κ1) is 16.8. The van der Waals surface area contributed by atoms with E-state index >= 15 is 0 Å². The molecule has 0 radical (unpaired) electrons. The van der Waals surface area contributed by atoms with Crippen molar-refractivity contribution in [1.29, 1.82) is 0 Å². The molecule has 0 heterocycles. The zero-order chi connectivity index (χ0) is 15.7. The maximum absolute atomic E-state index is 11.2. The molecule has 0 saturated carbocycles. The fourth-order valence-electron chi connectivity index (χ4n) is 1.31. The molecule has 5 nitrogen and oxygen atoms in total. The number of halogens is 1. The number of rotatable bonds is 4. The number of nitro groups is 1. The van der Waals surface area contributed by atoms with Gasteiger partial charge in [0, 0.05) is 12.1 Å². The second-order valence-electron chi connectivity index (χ2n) is 6.08. The lowest BCUT2D eigenvalue weighted by Gasteiger charge is -2.37. The van der Waals surface area contributed by atoms with Crippen LogP contribution in [0.25, 0.3) is 0 Å². The van der Waals surface area contributed by atoms with E-state index in [2.05, 4.69) is 49.8 Å². The molecule has 110 valence electrons. The Morgan fingerprint density at radius 2 is 1.90 bits per heavy atom. The molecule has 20 heavy (non-hydrogen) atoms. The molecule has 0 fully saturated rings. The van der Waals surface area contributed by atoms with E-state index in [1.54, 1.807) is 0 Å². The third-order valence-electron chi connectivity index (χ3n) is 3.56. The number of carbonyl (C=O) groups excluding carboxylic acids is 1. The fourth-order valence-corrected chi connectivity index (χ4v) is 3.05. The van der Waals surface area contributed by atoms with Crippen LogP contribution in [0.3, 0.4) is 0 Å². The standard InChI is InChI=1S/C13H18BrNO4Si/c1-13(2,3)20(4,5)19-12-9(8-16)6-10(15(17)18)7-11(12)14/h6-8H,1-5H3. The summed E-state index contributed by atoms with van der Waals surface area (Å²) in [6.45, 7) is 10.3. The summed E-state index contributed by atoms with van der Waals surface area (Å²) in [7, 11) is -2.13. The molecule has 0 amide bonds. The van der Waals surface area contributed by atoms with Crippen molar-refractivity contribution in [1.82, 2.24) is 0 Å².